The molecule has 0 aromatic carbocycles. The second kappa shape index (κ2) is 7.78. The zero-order valence-corrected chi connectivity index (χ0v) is 13.3. The number of rotatable bonds is 8. The molecule has 0 radical (unpaired) electrons. The zero-order chi connectivity index (χ0) is 13.5. The topological polar surface area (TPSA) is 24.9 Å². The average Bonchev–Trinajstić information content (AvgIpc) is 3.04. The van der Waals surface area contributed by atoms with Gasteiger partial charge in [0.05, 0.1) is 10.7 Å². The molecule has 0 aliphatic carbocycles. The average molecular weight is 294 g/mol. The van der Waals surface area contributed by atoms with Crippen LogP contribution in [-0.2, 0) is 12.8 Å². The quantitative estimate of drug-likeness (QED) is 0.794. The maximum absolute atomic E-state index is 4.58. The van der Waals surface area contributed by atoms with Gasteiger partial charge in [0, 0.05) is 17.8 Å². The molecule has 1 N–H and O–H groups in total. The predicted octanol–water partition coefficient (Wildman–Crippen LogP) is 4.06. The van der Waals surface area contributed by atoms with Crippen molar-refractivity contribution in [3.8, 4) is 0 Å². The molecule has 0 saturated heterocycles. The molecule has 1 unspecified atom stereocenters. The van der Waals surface area contributed by atoms with Gasteiger partial charge in [0.25, 0.3) is 0 Å². The Morgan fingerprint density at radius 1 is 1.37 bits per heavy atom. The number of aryl methyl sites for hydroxylation is 2. The van der Waals surface area contributed by atoms with E-state index in [2.05, 4.69) is 46.4 Å². The molecule has 0 spiro atoms. The lowest BCUT2D eigenvalue weighted by atomic mass is 10.0. The maximum atomic E-state index is 4.58. The molecule has 0 saturated carbocycles. The Morgan fingerprint density at radius 2 is 2.26 bits per heavy atom. The summed E-state index contributed by atoms with van der Waals surface area (Å²) in [5.41, 5.74) is 2.70. The molecule has 0 aliphatic heterocycles. The first-order valence-corrected chi connectivity index (χ1v) is 8.75. The van der Waals surface area contributed by atoms with Crippen molar-refractivity contribution in [1.82, 2.24) is 10.3 Å². The van der Waals surface area contributed by atoms with Gasteiger partial charge < -0.3 is 5.32 Å². The van der Waals surface area contributed by atoms with Gasteiger partial charge in [0.15, 0.2) is 0 Å². The smallest absolute Gasteiger partial charge is 0.0897 e. The Hall–Kier alpha value is -0.710. The summed E-state index contributed by atoms with van der Waals surface area (Å²) in [5, 5.41) is 11.4. The first kappa shape index (κ1) is 14.7. The van der Waals surface area contributed by atoms with Crippen molar-refractivity contribution in [2.24, 2.45) is 0 Å². The molecule has 4 heteroatoms. The lowest BCUT2D eigenvalue weighted by Crippen LogP contribution is -2.32. The van der Waals surface area contributed by atoms with Crippen LogP contribution in [0.5, 0.6) is 0 Å². The number of thiophene rings is 1. The predicted molar refractivity (Wildman–Crippen MR) is 85.3 cm³/mol. The van der Waals surface area contributed by atoms with Gasteiger partial charge in [-0.3, -0.25) is 0 Å². The molecule has 2 heterocycles. The van der Waals surface area contributed by atoms with Gasteiger partial charge in [-0.15, -0.1) is 11.3 Å². The van der Waals surface area contributed by atoms with Gasteiger partial charge >= 0.3 is 0 Å². The SMILES string of the molecule is CCCNC(CCc1ccsc1)Cc1csc(C)n1. The van der Waals surface area contributed by atoms with Crippen molar-refractivity contribution in [2.75, 3.05) is 6.54 Å². The Morgan fingerprint density at radius 3 is 2.89 bits per heavy atom. The van der Waals surface area contributed by atoms with Crippen LogP contribution in [0.25, 0.3) is 0 Å². The molecule has 0 amide bonds. The summed E-state index contributed by atoms with van der Waals surface area (Å²) < 4.78 is 0. The lowest BCUT2D eigenvalue weighted by molar-refractivity contribution is 0.474. The molecule has 2 nitrogen and oxygen atoms in total. The largest absolute Gasteiger partial charge is 0.314 e. The van der Waals surface area contributed by atoms with E-state index in [1.807, 2.05) is 0 Å². The molecule has 0 aliphatic rings. The van der Waals surface area contributed by atoms with E-state index in [1.165, 1.54) is 29.1 Å². The molecule has 2 aromatic heterocycles. The Kier molecular flexibility index (Phi) is 6.01. The fraction of sp³-hybridized carbons (Fsp3) is 0.533. The molecule has 2 rings (SSSR count). The fourth-order valence-corrected chi connectivity index (χ4v) is 3.48. The van der Waals surface area contributed by atoms with Crippen molar-refractivity contribution >= 4 is 22.7 Å². The normalized spacial score (nSPS) is 12.7. The van der Waals surface area contributed by atoms with Gasteiger partial charge in [0.1, 0.15) is 0 Å². The minimum Gasteiger partial charge on any atom is -0.314 e. The van der Waals surface area contributed by atoms with Crippen molar-refractivity contribution in [1.29, 1.82) is 0 Å². The summed E-state index contributed by atoms with van der Waals surface area (Å²) >= 11 is 3.53. The van der Waals surface area contributed by atoms with E-state index in [1.54, 1.807) is 22.7 Å². The number of hydrogen-bond donors (Lipinski definition) is 1. The van der Waals surface area contributed by atoms with E-state index in [-0.39, 0.29) is 0 Å². The summed E-state index contributed by atoms with van der Waals surface area (Å²) in [6.45, 7) is 5.39. The van der Waals surface area contributed by atoms with Crippen LogP contribution in [0, 0.1) is 6.92 Å². The molecule has 2 aromatic rings. The Labute approximate surface area is 123 Å². The number of thiazole rings is 1. The third kappa shape index (κ3) is 5.05. The first-order chi connectivity index (χ1) is 9.28. The van der Waals surface area contributed by atoms with Crippen LogP contribution in [0.1, 0.15) is 36.0 Å². The van der Waals surface area contributed by atoms with Gasteiger partial charge in [-0.1, -0.05) is 6.92 Å². The number of hydrogen-bond acceptors (Lipinski definition) is 4. The third-order valence-electron chi connectivity index (χ3n) is 3.17. The van der Waals surface area contributed by atoms with E-state index in [9.17, 15) is 0 Å². The van der Waals surface area contributed by atoms with Crippen LogP contribution >= 0.6 is 22.7 Å². The summed E-state index contributed by atoms with van der Waals surface area (Å²) in [5.74, 6) is 0. The standard InChI is InChI=1S/C15H22N2S2/c1-3-7-16-14(5-4-13-6-8-18-10-13)9-15-11-19-12(2)17-15/h6,8,10-11,14,16H,3-5,7,9H2,1-2H3. The fourth-order valence-electron chi connectivity index (χ4n) is 2.15. The minimum absolute atomic E-state index is 0.543. The van der Waals surface area contributed by atoms with Crippen LogP contribution in [0.4, 0.5) is 0 Å². The number of nitrogens with one attached hydrogen (secondary N) is 1. The zero-order valence-electron chi connectivity index (χ0n) is 11.7. The highest BCUT2D eigenvalue weighted by Crippen LogP contribution is 2.14. The number of nitrogens with zero attached hydrogens (tertiary/aromatic N) is 1. The van der Waals surface area contributed by atoms with Crippen LogP contribution in [0.3, 0.4) is 0 Å². The van der Waals surface area contributed by atoms with E-state index < -0.39 is 0 Å². The molecular weight excluding hydrogens is 272 g/mol. The second-order valence-corrected chi connectivity index (χ2v) is 6.73. The molecule has 1 atom stereocenters. The van der Waals surface area contributed by atoms with E-state index in [0.717, 1.165) is 19.4 Å². The minimum atomic E-state index is 0.543. The Bertz CT molecular complexity index is 462. The van der Waals surface area contributed by atoms with Gasteiger partial charge in [-0.2, -0.15) is 11.3 Å². The Balaban J connectivity index is 1.87. The van der Waals surface area contributed by atoms with E-state index >= 15 is 0 Å². The van der Waals surface area contributed by atoms with Crippen LogP contribution in [-0.4, -0.2) is 17.6 Å². The van der Waals surface area contributed by atoms with E-state index in [4.69, 9.17) is 0 Å². The van der Waals surface area contributed by atoms with Crippen molar-refractivity contribution in [3.05, 3.63) is 38.5 Å². The molecule has 0 fully saturated rings. The van der Waals surface area contributed by atoms with Gasteiger partial charge in [0.2, 0.25) is 0 Å². The summed E-state index contributed by atoms with van der Waals surface area (Å²) in [6, 6.07) is 2.77. The monoisotopic (exact) mass is 294 g/mol. The highest BCUT2D eigenvalue weighted by molar-refractivity contribution is 7.09. The summed E-state index contributed by atoms with van der Waals surface area (Å²) in [7, 11) is 0. The van der Waals surface area contributed by atoms with Crippen molar-refractivity contribution in [3.63, 3.8) is 0 Å². The van der Waals surface area contributed by atoms with Crippen molar-refractivity contribution in [2.45, 2.75) is 45.6 Å². The highest BCUT2D eigenvalue weighted by Gasteiger charge is 2.11. The van der Waals surface area contributed by atoms with Crippen LogP contribution in [0.2, 0.25) is 0 Å². The number of aromatic nitrogens is 1. The summed E-state index contributed by atoms with van der Waals surface area (Å²) in [6.07, 6.45) is 4.58. The highest BCUT2D eigenvalue weighted by atomic mass is 32.1. The third-order valence-corrected chi connectivity index (χ3v) is 4.72. The molecule has 104 valence electrons. The summed E-state index contributed by atoms with van der Waals surface area (Å²) in [4.78, 5) is 4.58. The van der Waals surface area contributed by atoms with Crippen LogP contribution < -0.4 is 5.32 Å². The van der Waals surface area contributed by atoms with Crippen molar-refractivity contribution < 1.29 is 0 Å². The lowest BCUT2D eigenvalue weighted by Gasteiger charge is -2.17. The maximum Gasteiger partial charge on any atom is 0.0897 e. The van der Waals surface area contributed by atoms with Gasteiger partial charge in [-0.25, -0.2) is 4.98 Å². The molecule has 0 bridgehead atoms. The van der Waals surface area contributed by atoms with E-state index in [0.29, 0.717) is 6.04 Å². The molecular formula is C15H22N2S2. The molecule has 19 heavy (non-hydrogen) atoms. The van der Waals surface area contributed by atoms with Gasteiger partial charge in [-0.05, 0) is 55.1 Å². The first-order valence-electron chi connectivity index (χ1n) is 6.93. The second-order valence-electron chi connectivity index (χ2n) is 4.88. The van der Waals surface area contributed by atoms with Crippen LogP contribution in [0.15, 0.2) is 22.2 Å².